The molecule has 0 saturated carbocycles. The summed E-state index contributed by atoms with van der Waals surface area (Å²) in [6.07, 6.45) is 6.66. The fraction of sp³-hybridized carbons (Fsp3) is 0.600. The first-order valence-electron chi connectivity index (χ1n) is 6.94. The van der Waals surface area contributed by atoms with Crippen LogP contribution in [0.25, 0.3) is 0 Å². The number of rotatable bonds is 6. The summed E-state index contributed by atoms with van der Waals surface area (Å²) in [5, 5.41) is 6.23. The van der Waals surface area contributed by atoms with Crippen LogP contribution < -0.4 is 10.6 Å². The summed E-state index contributed by atoms with van der Waals surface area (Å²) in [6, 6.07) is 1.84. The normalized spacial score (nSPS) is 11.2. The van der Waals surface area contributed by atoms with E-state index in [2.05, 4.69) is 43.3 Å². The average molecular weight is 263 g/mol. The van der Waals surface area contributed by atoms with Gasteiger partial charge in [-0.3, -0.25) is 9.78 Å². The molecule has 0 fully saturated rings. The van der Waals surface area contributed by atoms with Crippen LogP contribution in [0.2, 0.25) is 0 Å². The van der Waals surface area contributed by atoms with Crippen LogP contribution in [-0.4, -0.2) is 23.0 Å². The minimum Gasteiger partial charge on any atom is -0.379 e. The molecule has 0 spiro atoms. The topological polar surface area (TPSA) is 54.0 Å². The Kier molecular flexibility index (Phi) is 5.80. The minimum atomic E-state index is -0.0545. The van der Waals surface area contributed by atoms with E-state index in [9.17, 15) is 4.79 Å². The molecule has 4 nitrogen and oxygen atoms in total. The number of carbonyl (C=O) groups excluding carboxylic acids is 1. The van der Waals surface area contributed by atoms with Crippen LogP contribution in [0, 0.1) is 0 Å². The van der Waals surface area contributed by atoms with Crippen molar-refractivity contribution in [2.24, 2.45) is 0 Å². The van der Waals surface area contributed by atoms with Crippen molar-refractivity contribution in [1.82, 2.24) is 10.3 Å². The van der Waals surface area contributed by atoms with E-state index in [1.54, 1.807) is 12.4 Å². The predicted molar refractivity (Wildman–Crippen MR) is 79.5 cm³/mol. The monoisotopic (exact) mass is 263 g/mol. The Hall–Kier alpha value is -1.58. The van der Waals surface area contributed by atoms with E-state index in [1.165, 1.54) is 0 Å². The lowest BCUT2D eigenvalue weighted by molar-refractivity contribution is 0.0952. The molecule has 0 aliphatic rings. The molecule has 0 bridgehead atoms. The molecule has 0 unspecified atom stereocenters. The first-order valence-corrected chi connectivity index (χ1v) is 6.94. The van der Waals surface area contributed by atoms with Crippen molar-refractivity contribution in [2.45, 2.75) is 52.5 Å². The highest BCUT2D eigenvalue weighted by molar-refractivity contribution is 5.94. The van der Waals surface area contributed by atoms with Gasteiger partial charge in [0, 0.05) is 24.5 Å². The first-order chi connectivity index (χ1) is 8.92. The molecule has 1 heterocycles. The number of carbonyl (C=O) groups is 1. The summed E-state index contributed by atoms with van der Waals surface area (Å²) in [6.45, 7) is 9.09. The van der Waals surface area contributed by atoms with Gasteiger partial charge in [0.25, 0.3) is 5.91 Å². The Morgan fingerprint density at radius 3 is 2.63 bits per heavy atom. The van der Waals surface area contributed by atoms with Crippen LogP contribution in [0.1, 0.15) is 57.3 Å². The molecule has 1 amide bonds. The van der Waals surface area contributed by atoms with Crippen molar-refractivity contribution in [1.29, 1.82) is 0 Å². The maximum Gasteiger partial charge on any atom is 0.252 e. The zero-order chi connectivity index (χ0) is 14.3. The van der Waals surface area contributed by atoms with Gasteiger partial charge in [-0.15, -0.1) is 0 Å². The number of hydrogen-bond acceptors (Lipinski definition) is 3. The zero-order valence-electron chi connectivity index (χ0n) is 12.4. The molecule has 1 aromatic rings. The summed E-state index contributed by atoms with van der Waals surface area (Å²) in [4.78, 5) is 16.1. The van der Waals surface area contributed by atoms with Gasteiger partial charge >= 0.3 is 0 Å². The molecule has 0 aliphatic heterocycles. The highest BCUT2D eigenvalue weighted by Crippen LogP contribution is 2.14. The molecule has 106 valence electrons. The van der Waals surface area contributed by atoms with Crippen molar-refractivity contribution in [3.8, 4) is 0 Å². The Balaban J connectivity index is 2.58. The van der Waals surface area contributed by atoms with E-state index < -0.39 is 0 Å². The summed E-state index contributed by atoms with van der Waals surface area (Å²) in [5.41, 5.74) is 1.43. The van der Waals surface area contributed by atoms with Gasteiger partial charge in [-0.2, -0.15) is 0 Å². The van der Waals surface area contributed by atoms with Crippen LogP contribution in [-0.2, 0) is 0 Å². The van der Waals surface area contributed by atoms with Crippen molar-refractivity contribution in [3.05, 3.63) is 24.0 Å². The molecule has 0 aromatic carbocycles. The van der Waals surface area contributed by atoms with Crippen LogP contribution in [0.5, 0.6) is 0 Å². The molecule has 0 radical (unpaired) electrons. The largest absolute Gasteiger partial charge is 0.379 e. The van der Waals surface area contributed by atoms with Gasteiger partial charge in [0.1, 0.15) is 0 Å². The summed E-state index contributed by atoms with van der Waals surface area (Å²) in [7, 11) is 0. The lowest BCUT2D eigenvalue weighted by atomic mass is 10.1. The average Bonchev–Trinajstić information content (AvgIpc) is 2.32. The molecule has 0 saturated heterocycles. The zero-order valence-corrected chi connectivity index (χ0v) is 12.4. The fourth-order valence-electron chi connectivity index (χ4n) is 1.74. The van der Waals surface area contributed by atoms with Gasteiger partial charge in [-0.25, -0.2) is 0 Å². The van der Waals surface area contributed by atoms with Crippen LogP contribution in [0.3, 0.4) is 0 Å². The third kappa shape index (κ3) is 6.22. The van der Waals surface area contributed by atoms with E-state index in [0.29, 0.717) is 5.56 Å². The molecular weight excluding hydrogens is 238 g/mol. The number of amides is 1. The second-order valence-electron chi connectivity index (χ2n) is 5.80. The van der Waals surface area contributed by atoms with E-state index in [1.807, 2.05) is 6.07 Å². The maximum atomic E-state index is 11.9. The standard InChI is InChI=1S/C15H25N3O/c1-5-6-7-8-17-14(19)12-9-13(11-16-10-12)18-15(2,3)4/h9-11,18H,5-8H2,1-4H3,(H,17,19). The number of unbranched alkanes of at least 4 members (excludes halogenated alkanes) is 2. The highest BCUT2D eigenvalue weighted by Gasteiger charge is 2.11. The summed E-state index contributed by atoms with van der Waals surface area (Å²) < 4.78 is 0. The quantitative estimate of drug-likeness (QED) is 0.775. The molecule has 1 aromatic heterocycles. The third-order valence-electron chi connectivity index (χ3n) is 2.59. The van der Waals surface area contributed by atoms with Gasteiger partial charge in [0.2, 0.25) is 0 Å². The fourth-order valence-corrected chi connectivity index (χ4v) is 1.74. The number of pyridine rings is 1. The molecular formula is C15H25N3O. The molecule has 1 rings (SSSR count). The summed E-state index contributed by atoms with van der Waals surface area (Å²) >= 11 is 0. The molecule has 2 N–H and O–H groups in total. The molecule has 0 aliphatic carbocycles. The number of aromatic nitrogens is 1. The molecule has 0 atom stereocenters. The van der Waals surface area contributed by atoms with Crippen molar-refractivity contribution in [2.75, 3.05) is 11.9 Å². The van der Waals surface area contributed by atoms with E-state index in [4.69, 9.17) is 0 Å². The lowest BCUT2D eigenvalue weighted by Gasteiger charge is -2.22. The van der Waals surface area contributed by atoms with Crippen molar-refractivity contribution < 1.29 is 4.79 Å². The number of anilines is 1. The van der Waals surface area contributed by atoms with Crippen LogP contribution >= 0.6 is 0 Å². The molecule has 4 heteroatoms. The van der Waals surface area contributed by atoms with Gasteiger partial charge in [0.05, 0.1) is 11.3 Å². The Morgan fingerprint density at radius 2 is 2.00 bits per heavy atom. The second-order valence-corrected chi connectivity index (χ2v) is 5.80. The number of nitrogens with zero attached hydrogens (tertiary/aromatic N) is 1. The molecule has 19 heavy (non-hydrogen) atoms. The van der Waals surface area contributed by atoms with Crippen LogP contribution in [0.15, 0.2) is 18.5 Å². The van der Waals surface area contributed by atoms with Crippen LogP contribution in [0.4, 0.5) is 5.69 Å². The second kappa shape index (κ2) is 7.12. The van der Waals surface area contributed by atoms with E-state index >= 15 is 0 Å². The minimum absolute atomic E-state index is 0.0437. The lowest BCUT2D eigenvalue weighted by Crippen LogP contribution is -2.27. The number of hydrogen-bond donors (Lipinski definition) is 2. The predicted octanol–water partition coefficient (Wildman–Crippen LogP) is 3.21. The third-order valence-corrected chi connectivity index (χ3v) is 2.59. The van der Waals surface area contributed by atoms with Crippen molar-refractivity contribution >= 4 is 11.6 Å². The van der Waals surface area contributed by atoms with Gasteiger partial charge in [-0.1, -0.05) is 19.8 Å². The smallest absolute Gasteiger partial charge is 0.252 e. The van der Waals surface area contributed by atoms with Crippen molar-refractivity contribution in [3.63, 3.8) is 0 Å². The Bertz CT molecular complexity index is 410. The van der Waals surface area contributed by atoms with E-state index in [-0.39, 0.29) is 11.4 Å². The van der Waals surface area contributed by atoms with Gasteiger partial charge in [-0.05, 0) is 33.3 Å². The van der Waals surface area contributed by atoms with Gasteiger partial charge < -0.3 is 10.6 Å². The SMILES string of the molecule is CCCCCNC(=O)c1cncc(NC(C)(C)C)c1. The summed E-state index contributed by atoms with van der Waals surface area (Å²) in [5.74, 6) is -0.0545. The Labute approximate surface area is 116 Å². The highest BCUT2D eigenvalue weighted by atomic mass is 16.1. The van der Waals surface area contributed by atoms with E-state index in [0.717, 1.165) is 31.5 Å². The van der Waals surface area contributed by atoms with Gasteiger partial charge in [0.15, 0.2) is 0 Å². The Morgan fingerprint density at radius 1 is 1.26 bits per heavy atom. The maximum absolute atomic E-state index is 11.9. The number of nitrogens with one attached hydrogen (secondary N) is 2. The first kappa shape index (κ1) is 15.5.